The predicted molar refractivity (Wildman–Crippen MR) is 103 cm³/mol. The Bertz CT molecular complexity index is 801. The highest BCUT2D eigenvalue weighted by Crippen LogP contribution is 2.34. The van der Waals surface area contributed by atoms with Gasteiger partial charge in [-0.05, 0) is 50.4 Å². The van der Waals surface area contributed by atoms with E-state index in [1.54, 1.807) is 0 Å². The summed E-state index contributed by atoms with van der Waals surface area (Å²) in [5, 5.41) is 2.22. The van der Waals surface area contributed by atoms with Crippen molar-refractivity contribution < 1.29 is 4.79 Å². The van der Waals surface area contributed by atoms with E-state index in [9.17, 15) is 4.79 Å². The van der Waals surface area contributed by atoms with Crippen LogP contribution in [0, 0.1) is 0 Å². The molecule has 132 valence electrons. The summed E-state index contributed by atoms with van der Waals surface area (Å²) in [4.78, 5) is 20.2. The van der Waals surface area contributed by atoms with Crippen LogP contribution in [0.5, 0.6) is 0 Å². The molecule has 2 aromatic carbocycles. The van der Waals surface area contributed by atoms with Gasteiger partial charge in [0.25, 0.3) is 5.91 Å². The van der Waals surface area contributed by atoms with Crippen molar-refractivity contribution in [1.29, 1.82) is 0 Å². The summed E-state index contributed by atoms with van der Waals surface area (Å²) in [5.41, 5.74) is 2.01. The van der Waals surface area contributed by atoms with Gasteiger partial charge in [0.05, 0.1) is 0 Å². The summed E-state index contributed by atoms with van der Waals surface area (Å²) in [7, 11) is 6.27. The lowest BCUT2D eigenvalue weighted by atomic mass is 10.0. The second-order valence-electron chi connectivity index (χ2n) is 7.72. The molecule has 2 heterocycles. The lowest BCUT2D eigenvalue weighted by Crippen LogP contribution is -2.42. The number of amides is 1. The van der Waals surface area contributed by atoms with Gasteiger partial charge < -0.3 is 14.7 Å². The van der Waals surface area contributed by atoms with Crippen molar-refractivity contribution >= 4 is 22.4 Å². The molecule has 2 aliphatic heterocycles. The molecule has 4 nitrogen and oxygen atoms in total. The van der Waals surface area contributed by atoms with E-state index in [4.69, 9.17) is 0 Å². The van der Waals surface area contributed by atoms with Gasteiger partial charge in [0.15, 0.2) is 0 Å². The van der Waals surface area contributed by atoms with Crippen molar-refractivity contribution in [3.05, 3.63) is 42.0 Å². The summed E-state index contributed by atoms with van der Waals surface area (Å²) < 4.78 is 0. The van der Waals surface area contributed by atoms with Crippen molar-refractivity contribution in [1.82, 2.24) is 9.80 Å². The largest absolute Gasteiger partial charge is 0.377 e. The minimum absolute atomic E-state index is 0.212. The first-order valence-corrected chi connectivity index (χ1v) is 9.26. The first-order valence-electron chi connectivity index (χ1n) is 9.26. The molecule has 0 saturated carbocycles. The SMILES string of the molecule is CN1CC[C@H]2CC[C@@H](C1)N2C(=O)c1ccc(N(C)C)c2ccccc12. The quantitative estimate of drug-likeness (QED) is 0.842. The molecule has 0 radical (unpaired) electrons. The number of carbonyl (C=O) groups is 1. The maximum atomic E-state index is 13.5. The molecule has 2 saturated heterocycles. The molecule has 2 fully saturated rings. The molecule has 2 atom stereocenters. The molecule has 25 heavy (non-hydrogen) atoms. The summed E-state index contributed by atoms with van der Waals surface area (Å²) in [6.45, 7) is 2.08. The molecular weight excluding hydrogens is 310 g/mol. The number of carbonyl (C=O) groups excluding carboxylic acids is 1. The molecule has 0 aromatic heterocycles. The molecule has 2 aliphatic rings. The van der Waals surface area contributed by atoms with Crippen molar-refractivity contribution in [3.8, 4) is 0 Å². The zero-order valence-corrected chi connectivity index (χ0v) is 15.4. The maximum absolute atomic E-state index is 13.5. The van der Waals surface area contributed by atoms with E-state index in [1.807, 2.05) is 32.3 Å². The Morgan fingerprint density at radius 3 is 2.48 bits per heavy atom. The Morgan fingerprint density at radius 1 is 1.00 bits per heavy atom. The Labute approximate surface area is 150 Å². The Balaban J connectivity index is 1.77. The maximum Gasteiger partial charge on any atom is 0.255 e. The van der Waals surface area contributed by atoms with Gasteiger partial charge in [0.1, 0.15) is 0 Å². The van der Waals surface area contributed by atoms with E-state index in [0.29, 0.717) is 12.1 Å². The molecule has 0 spiro atoms. The summed E-state index contributed by atoms with van der Waals surface area (Å²) in [6, 6.07) is 13.1. The van der Waals surface area contributed by atoms with Crippen LogP contribution < -0.4 is 4.90 Å². The number of likely N-dealkylation sites (tertiary alicyclic amines) is 1. The first-order chi connectivity index (χ1) is 12.1. The van der Waals surface area contributed by atoms with Crippen LogP contribution in [0.1, 0.15) is 29.6 Å². The Morgan fingerprint density at radius 2 is 1.72 bits per heavy atom. The highest BCUT2D eigenvalue weighted by molar-refractivity contribution is 6.10. The zero-order valence-electron chi connectivity index (χ0n) is 15.4. The number of anilines is 1. The smallest absolute Gasteiger partial charge is 0.255 e. The minimum atomic E-state index is 0.212. The number of fused-ring (bicyclic) bond motifs is 3. The van der Waals surface area contributed by atoms with Gasteiger partial charge in [-0.3, -0.25) is 4.79 Å². The molecule has 4 heteroatoms. The van der Waals surface area contributed by atoms with E-state index >= 15 is 0 Å². The summed E-state index contributed by atoms with van der Waals surface area (Å²) in [5.74, 6) is 0.212. The number of benzene rings is 2. The fourth-order valence-corrected chi connectivity index (χ4v) is 4.57. The van der Waals surface area contributed by atoms with Crippen molar-refractivity contribution in [2.45, 2.75) is 31.3 Å². The number of likely N-dealkylation sites (N-methyl/N-ethyl adjacent to an activating group) is 1. The van der Waals surface area contributed by atoms with E-state index in [2.05, 4.69) is 39.9 Å². The number of hydrogen-bond donors (Lipinski definition) is 0. The highest BCUT2D eigenvalue weighted by Gasteiger charge is 2.40. The van der Waals surface area contributed by atoms with Crippen molar-refractivity contribution in [3.63, 3.8) is 0 Å². The molecule has 0 unspecified atom stereocenters. The number of hydrogen-bond acceptors (Lipinski definition) is 3. The van der Waals surface area contributed by atoms with Gasteiger partial charge in [-0.2, -0.15) is 0 Å². The lowest BCUT2D eigenvalue weighted by molar-refractivity contribution is 0.0675. The van der Waals surface area contributed by atoms with Crippen LogP contribution >= 0.6 is 0 Å². The highest BCUT2D eigenvalue weighted by atomic mass is 16.2. The van der Waals surface area contributed by atoms with Gasteiger partial charge in [-0.25, -0.2) is 0 Å². The molecule has 0 N–H and O–H groups in total. The topological polar surface area (TPSA) is 26.8 Å². The van der Waals surface area contributed by atoms with Crippen LogP contribution in [0.3, 0.4) is 0 Å². The fraction of sp³-hybridized carbons (Fsp3) is 0.476. The fourth-order valence-electron chi connectivity index (χ4n) is 4.57. The molecule has 2 bridgehead atoms. The van der Waals surface area contributed by atoms with Crippen LogP contribution in [-0.2, 0) is 0 Å². The molecule has 0 aliphatic carbocycles. The molecule has 4 rings (SSSR count). The third-order valence-corrected chi connectivity index (χ3v) is 5.83. The second-order valence-corrected chi connectivity index (χ2v) is 7.72. The molecule has 2 aromatic rings. The first kappa shape index (κ1) is 16.4. The Kier molecular flexibility index (Phi) is 4.16. The third kappa shape index (κ3) is 2.78. The molecule has 1 amide bonds. The van der Waals surface area contributed by atoms with Crippen LogP contribution in [0.4, 0.5) is 5.69 Å². The normalized spacial score (nSPS) is 23.7. The van der Waals surface area contributed by atoms with Crippen molar-refractivity contribution in [2.75, 3.05) is 39.1 Å². The van der Waals surface area contributed by atoms with Crippen LogP contribution in [0.25, 0.3) is 10.8 Å². The zero-order chi connectivity index (χ0) is 17.6. The average Bonchev–Trinajstić information content (AvgIpc) is 2.91. The van der Waals surface area contributed by atoms with E-state index < -0.39 is 0 Å². The van der Waals surface area contributed by atoms with Gasteiger partial charge in [0.2, 0.25) is 0 Å². The number of nitrogens with zero attached hydrogens (tertiary/aromatic N) is 3. The average molecular weight is 337 g/mol. The summed E-state index contributed by atoms with van der Waals surface area (Å²) in [6.07, 6.45) is 3.37. The number of rotatable bonds is 2. The molecular formula is C21H27N3O. The third-order valence-electron chi connectivity index (χ3n) is 5.83. The van der Waals surface area contributed by atoms with E-state index in [0.717, 1.165) is 54.4 Å². The minimum Gasteiger partial charge on any atom is -0.377 e. The van der Waals surface area contributed by atoms with Gasteiger partial charge in [-0.1, -0.05) is 24.3 Å². The van der Waals surface area contributed by atoms with Crippen LogP contribution in [0.15, 0.2) is 36.4 Å². The second kappa shape index (κ2) is 6.34. The van der Waals surface area contributed by atoms with Crippen LogP contribution in [-0.4, -0.2) is 62.0 Å². The van der Waals surface area contributed by atoms with Gasteiger partial charge >= 0.3 is 0 Å². The standard InChI is InChI=1S/C21H27N3O/c1-22(2)20-11-10-19(17-6-4-5-7-18(17)20)21(25)24-15-8-9-16(24)14-23(3)13-12-15/h4-7,10-11,15-16H,8-9,12-14H2,1-3H3/t15-,16+/m1/s1. The van der Waals surface area contributed by atoms with E-state index in [1.165, 1.54) is 0 Å². The lowest BCUT2D eigenvalue weighted by Gasteiger charge is -2.29. The van der Waals surface area contributed by atoms with Crippen molar-refractivity contribution in [2.24, 2.45) is 0 Å². The predicted octanol–water partition coefficient (Wildman–Crippen LogP) is 3.21. The van der Waals surface area contributed by atoms with Gasteiger partial charge in [-0.15, -0.1) is 0 Å². The Hall–Kier alpha value is -2.07. The summed E-state index contributed by atoms with van der Waals surface area (Å²) >= 11 is 0. The monoisotopic (exact) mass is 337 g/mol. The van der Waals surface area contributed by atoms with E-state index in [-0.39, 0.29) is 5.91 Å². The van der Waals surface area contributed by atoms with Gasteiger partial charge in [0, 0.05) is 49.4 Å². The van der Waals surface area contributed by atoms with Crippen LogP contribution in [0.2, 0.25) is 0 Å².